The van der Waals surface area contributed by atoms with Crippen LogP contribution in [0.15, 0.2) is 45.5 Å². The van der Waals surface area contributed by atoms with Gasteiger partial charge < -0.3 is 4.42 Å². The molecule has 0 aliphatic rings. The predicted molar refractivity (Wildman–Crippen MR) is 88.4 cm³/mol. The quantitative estimate of drug-likeness (QED) is 0.692. The number of aryl methyl sites for hydroxylation is 1. The molecular formula is C15H11BrN2O2S. The number of halogens is 1. The summed E-state index contributed by atoms with van der Waals surface area (Å²) in [6, 6.07) is 9.52. The topological polar surface area (TPSA) is 55.1 Å². The summed E-state index contributed by atoms with van der Waals surface area (Å²) in [5, 5.41) is 3.36. The second kappa shape index (κ2) is 5.83. The van der Waals surface area contributed by atoms with Gasteiger partial charge in [0.25, 0.3) is 0 Å². The van der Waals surface area contributed by atoms with Gasteiger partial charge in [-0.05, 0) is 52.7 Å². The molecule has 0 radical (unpaired) electrons. The summed E-state index contributed by atoms with van der Waals surface area (Å²) in [5.74, 6) is 0.372. The summed E-state index contributed by atoms with van der Waals surface area (Å²) in [5.41, 5.74) is 2.02. The van der Waals surface area contributed by atoms with Crippen LogP contribution in [0.4, 0.5) is 5.13 Å². The third kappa shape index (κ3) is 3.22. The molecule has 0 aliphatic carbocycles. The molecule has 0 spiro atoms. The van der Waals surface area contributed by atoms with E-state index in [0.717, 1.165) is 15.8 Å². The maximum atomic E-state index is 11.9. The molecule has 0 saturated heterocycles. The van der Waals surface area contributed by atoms with Crippen LogP contribution in [-0.2, 0) is 4.79 Å². The van der Waals surface area contributed by atoms with E-state index in [-0.39, 0.29) is 5.91 Å². The fraction of sp³-hybridized carbons (Fsp3) is 0.0667. The number of fused-ring (bicyclic) bond motifs is 1. The second-order valence-electron chi connectivity index (χ2n) is 4.41. The minimum atomic E-state index is -0.237. The molecule has 0 bridgehead atoms. The Hall–Kier alpha value is -1.92. The minimum absolute atomic E-state index is 0.237. The number of hydrogen-bond acceptors (Lipinski definition) is 4. The maximum absolute atomic E-state index is 11.9. The van der Waals surface area contributed by atoms with Crippen LogP contribution in [0.3, 0.4) is 0 Å². The summed E-state index contributed by atoms with van der Waals surface area (Å²) >= 11 is 4.67. The number of carbonyl (C=O) groups is 1. The molecule has 3 aromatic rings. The van der Waals surface area contributed by atoms with E-state index in [1.54, 1.807) is 18.2 Å². The first-order chi connectivity index (χ1) is 10.1. The highest BCUT2D eigenvalue weighted by atomic mass is 79.9. The lowest BCUT2D eigenvalue weighted by atomic mass is 10.2. The number of rotatable bonds is 3. The van der Waals surface area contributed by atoms with Gasteiger partial charge in [-0.3, -0.25) is 10.1 Å². The number of hydrogen-bond donors (Lipinski definition) is 1. The Kier molecular flexibility index (Phi) is 3.90. The highest BCUT2D eigenvalue weighted by molar-refractivity contribution is 9.10. The van der Waals surface area contributed by atoms with Gasteiger partial charge in [0, 0.05) is 6.08 Å². The van der Waals surface area contributed by atoms with Gasteiger partial charge in [0.05, 0.1) is 10.2 Å². The number of amides is 1. The highest BCUT2D eigenvalue weighted by Crippen LogP contribution is 2.27. The molecule has 0 atom stereocenters. The Morgan fingerprint density at radius 3 is 2.95 bits per heavy atom. The van der Waals surface area contributed by atoms with Crippen molar-refractivity contribution in [1.82, 2.24) is 4.98 Å². The van der Waals surface area contributed by atoms with Crippen LogP contribution < -0.4 is 5.32 Å². The van der Waals surface area contributed by atoms with Crippen LogP contribution in [0.25, 0.3) is 16.3 Å². The van der Waals surface area contributed by atoms with Crippen molar-refractivity contribution in [2.75, 3.05) is 5.32 Å². The van der Waals surface area contributed by atoms with Crippen molar-refractivity contribution in [3.63, 3.8) is 0 Å². The van der Waals surface area contributed by atoms with Gasteiger partial charge in [-0.1, -0.05) is 23.5 Å². The average molecular weight is 363 g/mol. The van der Waals surface area contributed by atoms with E-state index in [0.29, 0.717) is 15.6 Å². The molecule has 0 aliphatic heterocycles. The fourth-order valence-corrected chi connectivity index (χ4v) is 3.13. The summed E-state index contributed by atoms with van der Waals surface area (Å²) < 4.78 is 6.97. The normalized spacial score (nSPS) is 11.3. The number of furan rings is 1. The summed E-state index contributed by atoms with van der Waals surface area (Å²) in [7, 11) is 0. The molecule has 106 valence electrons. The van der Waals surface area contributed by atoms with E-state index in [1.165, 1.54) is 17.4 Å². The van der Waals surface area contributed by atoms with Crippen molar-refractivity contribution < 1.29 is 9.21 Å². The smallest absolute Gasteiger partial charge is 0.250 e. The van der Waals surface area contributed by atoms with Crippen molar-refractivity contribution in [2.45, 2.75) is 6.92 Å². The largest absolute Gasteiger partial charge is 0.450 e. The SMILES string of the molecule is Cc1cccc2sc(NC(=O)C=Cc3ccc(Br)o3)nc12. The molecule has 0 saturated carbocycles. The number of nitrogens with zero attached hydrogens (tertiary/aromatic N) is 1. The van der Waals surface area contributed by atoms with Gasteiger partial charge in [-0.25, -0.2) is 4.98 Å². The molecule has 3 rings (SSSR count). The summed E-state index contributed by atoms with van der Waals surface area (Å²) in [6.45, 7) is 2.00. The lowest BCUT2D eigenvalue weighted by Gasteiger charge is -1.94. The second-order valence-corrected chi connectivity index (χ2v) is 6.22. The van der Waals surface area contributed by atoms with Crippen molar-refractivity contribution in [3.05, 3.63) is 52.4 Å². The fourth-order valence-electron chi connectivity index (χ4n) is 1.86. The maximum Gasteiger partial charge on any atom is 0.250 e. The first-order valence-corrected chi connectivity index (χ1v) is 7.83. The van der Waals surface area contributed by atoms with Gasteiger partial charge >= 0.3 is 0 Å². The average Bonchev–Trinajstić information content (AvgIpc) is 3.03. The minimum Gasteiger partial charge on any atom is -0.450 e. The van der Waals surface area contributed by atoms with Gasteiger partial charge in [-0.2, -0.15) is 0 Å². The number of thiazole rings is 1. The van der Waals surface area contributed by atoms with Gasteiger partial charge in [0.15, 0.2) is 9.80 Å². The Morgan fingerprint density at radius 1 is 1.38 bits per heavy atom. The molecule has 1 aromatic carbocycles. The van der Waals surface area contributed by atoms with Crippen molar-refractivity contribution >= 4 is 54.6 Å². The van der Waals surface area contributed by atoms with Crippen molar-refractivity contribution in [3.8, 4) is 0 Å². The standard InChI is InChI=1S/C15H11BrN2O2S/c1-9-3-2-4-11-14(9)18-15(21-11)17-13(19)8-6-10-5-7-12(16)20-10/h2-8H,1H3,(H,17,18,19). The van der Waals surface area contributed by atoms with E-state index in [2.05, 4.69) is 26.2 Å². The molecular weight excluding hydrogens is 352 g/mol. The lowest BCUT2D eigenvalue weighted by Crippen LogP contribution is -2.07. The van der Waals surface area contributed by atoms with E-state index in [1.807, 2.05) is 25.1 Å². The molecule has 0 unspecified atom stereocenters. The van der Waals surface area contributed by atoms with E-state index < -0.39 is 0 Å². The molecule has 2 aromatic heterocycles. The molecule has 1 N–H and O–H groups in total. The number of anilines is 1. The summed E-state index contributed by atoms with van der Waals surface area (Å²) in [4.78, 5) is 16.3. The summed E-state index contributed by atoms with van der Waals surface area (Å²) in [6.07, 6.45) is 3.03. The zero-order valence-electron chi connectivity index (χ0n) is 11.1. The predicted octanol–water partition coefficient (Wildman–Crippen LogP) is 4.61. The first kappa shape index (κ1) is 14.0. The van der Waals surface area contributed by atoms with E-state index in [4.69, 9.17) is 4.42 Å². The van der Waals surface area contributed by atoms with Crippen LogP contribution in [-0.4, -0.2) is 10.9 Å². The van der Waals surface area contributed by atoms with Gasteiger partial charge in [0.1, 0.15) is 5.76 Å². The third-order valence-electron chi connectivity index (χ3n) is 2.84. The number of aromatic nitrogens is 1. The Morgan fingerprint density at radius 2 is 2.24 bits per heavy atom. The van der Waals surface area contributed by atoms with Gasteiger partial charge in [0.2, 0.25) is 5.91 Å². The van der Waals surface area contributed by atoms with Crippen LogP contribution in [0, 0.1) is 6.92 Å². The monoisotopic (exact) mass is 362 g/mol. The Bertz CT molecular complexity index is 835. The van der Waals surface area contributed by atoms with E-state index >= 15 is 0 Å². The highest BCUT2D eigenvalue weighted by Gasteiger charge is 2.07. The molecule has 4 nitrogen and oxygen atoms in total. The van der Waals surface area contributed by atoms with E-state index in [9.17, 15) is 4.79 Å². The van der Waals surface area contributed by atoms with Crippen LogP contribution in [0.5, 0.6) is 0 Å². The zero-order chi connectivity index (χ0) is 14.8. The third-order valence-corrected chi connectivity index (χ3v) is 4.21. The molecule has 1 amide bonds. The van der Waals surface area contributed by atoms with Crippen LogP contribution in [0.1, 0.15) is 11.3 Å². The number of carbonyl (C=O) groups excluding carboxylic acids is 1. The number of nitrogens with one attached hydrogen (secondary N) is 1. The first-order valence-electron chi connectivity index (χ1n) is 6.22. The van der Waals surface area contributed by atoms with Crippen molar-refractivity contribution in [1.29, 1.82) is 0 Å². The van der Waals surface area contributed by atoms with Crippen LogP contribution >= 0.6 is 27.3 Å². The Labute approximate surface area is 133 Å². The number of benzene rings is 1. The zero-order valence-corrected chi connectivity index (χ0v) is 13.5. The molecule has 2 heterocycles. The molecule has 0 fully saturated rings. The Balaban J connectivity index is 1.74. The van der Waals surface area contributed by atoms with Crippen LogP contribution in [0.2, 0.25) is 0 Å². The lowest BCUT2D eigenvalue weighted by molar-refractivity contribution is -0.111. The number of para-hydroxylation sites is 1. The molecule has 21 heavy (non-hydrogen) atoms. The van der Waals surface area contributed by atoms with Crippen molar-refractivity contribution in [2.24, 2.45) is 0 Å². The molecule has 6 heteroatoms. The van der Waals surface area contributed by atoms with Gasteiger partial charge in [-0.15, -0.1) is 0 Å².